The Morgan fingerprint density at radius 1 is 1.54 bits per heavy atom. The average molecular weight is 177 g/mol. The Morgan fingerprint density at radius 2 is 2.46 bits per heavy atom. The first kappa shape index (κ1) is 8.51. The second-order valence-corrected chi connectivity index (χ2v) is 3.54. The quantitative estimate of drug-likeness (QED) is 0.694. The maximum atomic E-state index is 4.22. The Bertz CT molecular complexity index is 301. The van der Waals surface area contributed by atoms with Gasteiger partial charge in [-0.15, -0.1) is 0 Å². The average Bonchev–Trinajstić information content (AvgIpc) is 2.53. The summed E-state index contributed by atoms with van der Waals surface area (Å²) >= 11 is 0. The van der Waals surface area contributed by atoms with Crippen LogP contribution in [-0.4, -0.2) is 28.2 Å². The zero-order chi connectivity index (χ0) is 9.10. The third-order valence-corrected chi connectivity index (χ3v) is 2.29. The van der Waals surface area contributed by atoms with E-state index >= 15 is 0 Å². The molecular formula is C10H15N3. The van der Waals surface area contributed by atoms with Crippen LogP contribution in [0, 0.1) is 6.92 Å². The maximum Gasteiger partial charge on any atom is 0.0765 e. The molecule has 0 saturated heterocycles. The fraction of sp³-hybridized carbons (Fsp3) is 0.500. The predicted molar refractivity (Wildman–Crippen MR) is 52.4 cm³/mol. The molecule has 13 heavy (non-hydrogen) atoms. The molecule has 70 valence electrons. The van der Waals surface area contributed by atoms with Gasteiger partial charge in [0, 0.05) is 25.3 Å². The van der Waals surface area contributed by atoms with Gasteiger partial charge in [0.15, 0.2) is 0 Å². The van der Waals surface area contributed by atoms with Crippen LogP contribution >= 0.6 is 0 Å². The zero-order valence-electron chi connectivity index (χ0n) is 7.95. The van der Waals surface area contributed by atoms with Gasteiger partial charge in [0.05, 0.1) is 5.69 Å². The first-order chi connectivity index (χ1) is 6.34. The van der Waals surface area contributed by atoms with Gasteiger partial charge < -0.3 is 0 Å². The first-order valence-electron chi connectivity index (χ1n) is 4.73. The van der Waals surface area contributed by atoms with Gasteiger partial charge in [-0.3, -0.25) is 10.00 Å². The Labute approximate surface area is 78.4 Å². The molecule has 0 unspecified atom stereocenters. The molecule has 2 rings (SSSR count). The van der Waals surface area contributed by atoms with Crippen LogP contribution in [0.4, 0.5) is 0 Å². The Morgan fingerprint density at radius 3 is 3.08 bits per heavy atom. The molecule has 3 nitrogen and oxygen atoms in total. The lowest BCUT2D eigenvalue weighted by Gasteiger charge is -2.21. The van der Waals surface area contributed by atoms with Crippen LogP contribution in [0.15, 0.2) is 18.2 Å². The number of aryl methyl sites for hydroxylation is 1. The van der Waals surface area contributed by atoms with E-state index < -0.39 is 0 Å². The highest BCUT2D eigenvalue weighted by Gasteiger charge is 2.07. The summed E-state index contributed by atoms with van der Waals surface area (Å²) in [5.74, 6) is 0. The van der Waals surface area contributed by atoms with Crippen molar-refractivity contribution in [1.29, 1.82) is 0 Å². The van der Waals surface area contributed by atoms with E-state index in [1.54, 1.807) is 0 Å². The fourth-order valence-electron chi connectivity index (χ4n) is 1.62. The predicted octanol–water partition coefficient (Wildman–Crippen LogP) is 1.48. The van der Waals surface area contributed by atoms with Crippen molar-refractivity contribution >= 4 is 0 Å². The van der Waals surface area contributed by atoms with Crippen molar-refractivity contribution in [2.45, 2.75) is 19.9 Å². The van der Waals surface area contributed by atoms with Crippen LogP contribution in [0.5, 0.6) is 0 Å². The summed E-state index contributed by atoms with van der Waals surface area (Å²) in [7, 11) is 0. The number of aromatic amines is 1. The van der Waals surface area contributed by atoms with Crippen molar-refractivity contribution < 1.29 is 0 Å². The topological polar surface area (TPSA) is 31.9 Å². The van der Waals surface area contributed by atoms with Gasteiger partial charge in [0.25, 0.3) is 0 Å². The molecule has 0 amide bonds. The first-order valence-corrected chi connectivity index (χ1v) is 4.73. The number of nitrogens with one attached hydrogen (secondary N) is 1. The molecule has 1 aliphatic rings. The van der Waals surface area contributed by atoms with Crippen molar-refractivity contribution in [3.05, 3.63) is 29.6 Å². The summed E-state index contributed by atoms with van der Waals surface area (Å²) in [4.78, 5) is 2.40. The molecule has 0 fully saturated rings. The number of rotatable bonds is 2. The minimum absolute atomic E-state index is 0.967. The second kappa shape index (κ2) is 3.75. The molecule has 2 heterocycles. The molecule has 0 radical (unpaired) electrons. The van der Waals surface area contributed by atoms with E-state index in [9.17, 15) is 0 Å². The molecule has 0 spiro atoms. The summed E-state index contributed by atoms with van der Waals surface area (Å²) in [6.45, 7) is 5.22. The van der Waals surface area contributed by atoms with Crippen LogP contribution in [0.1, 0.15) is 17.8 Å². The van der Waals surface area contributed by atoms with E-state index in [-0.39, 0.29) is 0 Å². The number of aromatic nitrogens is 2. The van der Waals surface area contributed by atoms with Gasteiger partial charge in [-0.2, -0.15) is 5.10 Å². The second-order valence-electron chi connectivity index (χ2n) is 3.54. The lowest BCUT2D eigenvalue weighted by molar-refractivity contribution is 0.287. The number of nitrogens with zero attached hydrogens (tertiary/aromatic N) is 2. The smallest absolute Gasteiger partial charge is 0.0765 e. The summed E-state index contributed by atoms with van der Waals surface area (Å²) < 4.78 is 0. The third kappa shape index (κ3) is 2.18. The summed E-state index contributed by atoms with van der Waals surface area (Å²) in [5, 5.41) is 7.18. The minimum atomic E-state index is 0.967. The Hall–Kier alpha value is -1.09. The monoisotopic (exact) mass is 177 g/mol. The molecule has 0 bridgehead atoms. The van der Waals surface area contributed by atoms with Crippen LogP contribution < -0.4 is 0 Å². The molecule has 0 atom stereocenters. The molecule has 1 aromatic rings. The molecular weight excluding hydrogens is 162 g/mol. The minimum Gasteiger partial charge on any atom is -0.293 e. The fourth-order valence-corrected chi connectivity index (χ4v) is 1.62. The van der Waals surface area contributed by atoms with E-state index in [4.69, 9.17) is 0 Å². The highest BCUT2D eigenvalue weighted by Crippen LogP contribution is 2.07. The van der Waals surface area contributed by atoms with E-state index in [1.807, 2.05) is 6.92 Å². The third-order valence-electron chi connectivity index (χ3n) is 2.29. The number of H-pyrrole nitrogens is 1. The summed E-state index contributed by atoms with van der Waals surface area (Å²) in [6.07, 6.45) is 5.64. The SMILES string of the molecule is Cc1cc(CN2CC=CCC2)n[nH]1. The normalized spacial score (nSPS) is 17.9. The van der Waals surface area contributed by atoms with E-state index in [0.717, 1.165) is 31.0 Å². The van der Waals surface area contributed by atoms with Crippen LogP contribution in [0.3, 0.4) is 0 Å². The van der Waals surface area contributed by atoms with Gasteiger partial charge in [-0.1, -0.05) is 12.2 Å². The highest BCUT2D eigenvalue weighted by molar-refractivity contribution is 5.07. The molecule has 3 heteroatoms. The van der Waals surface area contributed by atoms with Crippen molar-refractivity contribution in [1.82, 2.24) is 15.1 Å². The zero-order valence-corrected chi connectivity index (χ0v) is 7.95. The summed E-state index contributed by atoms with van der Waals surface area (Å²) in [5.41, 5.74) is 2.29. The molecule has 1 N–H and O–H groups in total. The maximum absolute atomic E-state index is 4.22. The van der Waals surface area contributed by atoms with E-state index in [2.05, 4.69) is 33.3 Å². The standard InChI is InChI=1S/C10H15N3/c1-9-7-10(12-11-9)8-13-5-3-2-4-6-13/h2-3,7H,4-6,8H2,1H3,(H,11,12). The highest BCUT2D eigenvalue weighted by atomic mass is 15.2. The van der Waals surface area contributed by atoms with Gasteiger partial charge >= 0.3 is 0 Å². The van der Waals surface area contributed by atoms with Crippen LogP contribution in [-0.2, 0) is 6.54 Å². The Balaban J connectivity index is 1.94. The lowest BCUT2D eigenvalue weighted by Crippen LogP contribution is -2.26. The number of hydrogen-bond acceptors (Lipinski definition) is 2. The van der Waals surface area contributed by atoms with Crippen molar-refractivity contribution in [3.63, 3.8) is 0 Å². The van der Waals surface area contributed by atoms with Crippen LogP contribution in [0.2, 0.25) is 0 Å². The van der Waals surface area contributed by atoms with Crippen molar-refractivity contribution in [2.24, 2.45) is 0 Å². The van der Waals surface area contributed by atoms with Gasteiger partial charge in [0.2, 0.25) is 0 Å². The molecule has 1 aromatic heterocycles. The Kier molecular flexibility index (Phi) is 2.45. The lowest BCUT2D eigenvalue weighted by atomic mass is 10.2. The molecule has 1 aliphatic heterocycles. The number of hydrogen-bond donors (Lipinski definition) is 1. The van der Waals surface area contributed by atoms with Gasteiger partial charge in [-0.05, 0) is 19.4 Å². The molecule has 0 aliphatic carbocycles. The van der Waals surface area contributed by atoms with E-state index in [0.29, 0.717) is 0 Å². The van der Waals surface area contributed by atoms with Crippen molar-refractivity contribution in [3.8, 4) is 0 Å². The summed E-state index contributed by atoms with van der Waals surface area (Å²) in [6, 6.07) is 2.11. The largest absolute Gasteiger partial charge is 0.293 e. The van der Waals surface area contributed by atoms with Gasteiger partial charge in [-0.25, -0.2) is 0 Å². The van der Waals surface area contributed by atoms with E-state index in [1.165, 1.54) is 6.42 Å². The molecule has 0 aromatic carbocycles. The van der Waals surface area contributed by atoms with Crippen LogP contribution in [0.25, 0.3) is 0 Å². The van der Waals surface area contributed by atoms with Crippen molar-refractivity contribution in [2.75, 3.05) is 13.1 Å². The molecule has 0 saturated carbocycles. The van der Waals surface area contributed by atoms with Gasteiger partial charge in [0.1, 0.15) is 0 Å².